The van der Waals surface area contributed by atoms with Gasteiger partial charge in [-0.15, -0.1) is 0 Å². The molecule has 0 bridgehead atoms. The summed E-state index contributed by atoms with van der Waals surface area (Å²) in [5, 5.41) is 3.55. The molecular weight excluding hydrogens is 164 g/mol. The van der Waals surface area contributed by atoms with Crippen LogP contribution in [0.5, 0.6) is 0 Å². The number of azide groups is 1. The van der Waals surface area contributed by atoms with Gasteiger partial charge in [-0.3, -0.25) is 0 Å². The van der Waals surface area contributed by atoms with Crippen molar-refractivity contribution in [2.75, 3.05) is 26.2 Å². The maximum atomic E-state index is 8.13. The molecule has 4 nitrogen and oxygen atoms in total. The van der Waals surface area contributed by atoms with Crippen LogP contribution >= 0.6 is 0 Å². The summed E-state index contributed by atoms with van der Waals surface area (Å²) in [5.41, 5.74) is 8.13. The summed E-state index contributed by atoms with van der Waals surface area (Å²) >= 11 is 0. The highest BCUT2D eigenvalue weighted by molar-refractivity contribution is 4.68. The first-order valence-corrected chi connectivity index (χ1v) is 5.06. The van der Waals surface area contributed by atoms with E-state index in [-0.39, 0.29) is 0 Å². The zero-order chi connectivity index (χ0) is 9.52. The molecule has 1 atom stereocenters. The van der Waals surface area contributed by atoms with Crippen LogP contribution in [0.25, 0.3) is 10.4 Å². The van der Waals surface area contributed by atoms with Gasteiger partial charge in [0.25, 0.3) is 0 Å². The van der Waals surface area contributed by atoms with Gasteiger partial charge in [-0.25, -0.2) is 0 Å². The minimum Gasteiger partial charge on any atom is -0.303 e. The van der Waals surface area contributed by atoms with E-state index in [1.54, 1.807) is 0 Å². The Hall–Kier alpha value is -0.730. The predicted molar refractivity (Wildman–Crippen MR) is 53.5 cm³/mol. The van der Waals surface area contributed by atoms with Crippen LogP contribution in [0.3, 0.4) is 0 Å². The molecule has 13 heavy (non-hydrogen) atoms. The third kappa shape index (κ3) is 4.15. The molecule has 0 amide bonds. The van der Waals surface area contributed by atoms with Gasteiger partial charge in [0.2, 0.25) is 0 Å². The zero-order valence-corrected chi connectivity index (χ0v) is 8.32. The molecule has 1 aliphatic heterocycles. The Labute approximate surface area is 79.5 Å². The van der Waals surface area contributed by atoms with E-state index in [0.29, 0.717) is 6.54 Å². The van der Waals surface area contributed by atoms with Crippen molar-refractivity contribution in [1.82, 2.24) is 4.90 Å². The summed E-state index contributed by atoms with van der Waals surface area (Å²) in [6.45, 7) is 6.20. The molecule has 1 unspecified atom stereocenters. The average Bonchev–Trinajstić information content (AvgIpc) is 2.32. The Bertz CT molecular complexity index is 186. The van der Waals surface area contributed by atoms with Crippen LogP contribution in [0.1, 0.15) is 26.2 Å². The van der Waals surface area contributed by atoms with E-state index in [9.17, 15) is 0 Å². The van der Waals surface area contributed by atoms with Gasteiger partial charge in [0.1, 0.15) is 0 Å². The van der Waals surface area contributed by atoms with Crippen molar-refractivity contribution in [3.05, 3.63) is 10.4 Å². The molecule has 1 heterocycles. The van der Waals surface area contributed by atoms with Gasteiger partial charge in [0, 0.05) is 18.0 Å². The van der Waals surface area contributed by atoms with Crippen LogP contribution < -0.4 is 0 Å². The van der Waals surface area contributed by atoms with Gasteiger partial charge in [-0.05, 0) is 43.8 Å². The lowest BCUT2D eigenvalue weighted by Gasteiger charge is -2.18. The molecule has 0 saturated carbocycles. The van der Waals surface area contributed by atoms with Crippen molar-refractivity contribution in [1.29, 1.82) is 0 Å². The lowest BCUT2D eigenvalue weighted by atomic mass is 10.0. The molecular formula is C9H18N4. The number of nitrogens with zero attached hydrogens (tertiary/aromatic N) is 4. The van der Waals surface area contributed by atoms with Crippen LogP contribution in [0.2, 0.25) is 0 Å². The second-order valence-corrected chi connectivity index (χ2v) is 3.83. The van der Waals surface area contributed by atoms with Gasteiger partial charge in [0.15, 0.2) is 0 Å². The largest absolute Gasteiger partial charge is 0.303 e. The molecule has 1 saturated heterocycles. The number of hydrogen-bond acceptors (Lipinski definition) is 2. The molecule has 4 heteroatoms. The van der Waals surface area contributed by atoms with Crippen LogP contribution in [0, 0.1) is 5.92 Å². The lowest BCUT2D eigenvalue weighted by Crippen LogP contribution is -2.27. The highest BCUT2D eigenvalue weighted by Crippen LogP contribution is 2.15. The Balaban J connectivity index is 2.21. The standard InChI is InChI=1S/C9H18N4/c1-9-3-2-6-13(7-4-9)8-5-11-12-10/h9H,2-8H2,1H3. The molecule has 0 spiro atoms. The SMILES string of the molecule is CC1CCCN(CCN=[N+]=[N-])CC1. The third-order valence-corrected chi connectivity index (χ3v) is 2.69. The quantitative estimate of drug-likeness (QED) is 0.375. The van der Waals surface area contributed by atoms with E-state index in [1.807, 2.05) is 0 Å². The fourth-order valence-electron chi connectivity index (χ4n) is 1.78. The highest BCUT2D eigenvalue weighted by atomic mass is 15.2. The van der Waals surface area contributed by atoms with Crippen LogP contribution in [-0.2, 0) is 0 Å². The molecule has 0 radical (unpaired) electrons. The Morgan fingerprint density at radius 3 is 3.08 bits per heavy atom. The van der Waals surface area contributed by atoms with Crippen molar-refractivity contribution in [2.24, 2.45) is 11.0 Å². The van der Waals surface area contributed by atoms with Gasteiger partial charge in [-0.2, -0.15) is 0 Å². The molecule has 1 fully saturated rings. The van der Waals surface area contributed by atoms with Crippen molar-refractivity contribution in [2.45, 2.75) is 26.2 Å². The van der Waals surface area contributed by atoms with Crippen molar-refractivity contribution < 1.29 is 0 Å². The molecule has 74 valence electrons. The molecule has 0 aromatic rings. The maximum absolute atomic E-state index is 8.13. The molecule has 0 N–H and O–H groups in total. The molecule has 0 aromatic heterocycles. The monoisotopic (exact) mass is 182 g/mol. The van der Waals surface area contributed by atoms with E-state index >= 15 is 0 Å². The first-order valence-electron chi connectivity index (χ1n) is 5.06. The van der Waals surface area contributed by atoms with Gasteiger partial charge in [0.05, 0.1) is 0 Å². The predicted octanol–water partition coefficient (Wildman–Crippen LogP) is 2.42. The smallest absolute Gasteiger partial charge is 0.0385 e. The van der Waals surface area contributed by atoms with Gasteiger partial charge >= 0.3 is 0 Å². The van der Waals surface area contributed by atoms with E-state index in [2.05, 4.69) is 21.8 Å². The first-order chi connectivity index (χ1) is 6.33. The molecule has 0 aliphatic carbocycles. The normalized spacial score (nSPS) is 24.8. The zero-order valence-electron chi connectivity index (χ0n) is 8.32. The summed E-state index contributed by atoms with van der Waals surface area (Å²) in [6.07, 6.45) is 3.92. The average molecular weight is 182 g/mol. The summed E-state index contributed by atoms with van der Waals surface area (Å²) in [4.78, 5) is 5.16. The van der Waals surface area contributed by atoms with Gasteiger partial charge in [-0.1, -0.05) is 12.0 Å². The van der Waals surface area contributed by atoms with E-state index in [1.165, 1.54) is 32.4 Å². The van der Waals surface area contributed by atoms with Gasteiger partial charge < -0.3 is 4.90 Å². The highest BCUT2D eigenvalue weighted by Gasteiger charge is 2.12. The first kappa shape index (κ1) is 10.4. The van der Waals surface area contributed by atoms with Crippen molar-refractivity contribution in [3.63, 3.8) is 0 Å². The lowest BCUT2D eigenvalue weighted by molar-refractivity contribution is 0.289. The second kappa shape index (κ2) is 5.84. The summed E-state index contributed by atoms with van der Waals surface area (Å²) in [6, 6.07) is 0. The van der Waals surface area contributed by atoms with Crippen molar-refractivity contribution >= 4 is 0 Å². The topological polar surface area (TPSA) is 52.0 Å². The molecule has 0 aromatic carbocycles. The third-order valence-electron chi connectivity index (χ3n) is 2.69. The van der Waals surface area contributed by atoms with Crippen LogP contribution in [0.15, 0.2) is 5.11 Å². The van der Waals surface area contributed by atoms with Crippen LogP contribution in [0.4, 0.5) is 0 Å². The van der Waals surface area contributed by atoms with Crippen molar-refractivity contribution in [3.8, 4) is 0 Å². The van der Waals surface area contributed by atoms with E-state index < -0.39 is 0 Å². The Kier molecular flexibility index (Phi) is 4.65. The minimum atomic E-state index is 0.616. The summed E-state index contributed by atoms with van der Waals surface area (Å²) < 4.78 is 0. The molecule has 1 rings (SSSR count). The maximum Gasteiger partial charge on any atom is 0.0385 e. The summed E-state index contributed by atoms with van der Waals surface area (Å²) in [5.74, 6) is 0.865. The van der Waals surface area contributed by atoms with E-state index in [4.69, 9.17) is 5.53 Å². The second-order valence-electron chi connectivity index (χ2n) is 3.83. The van der Waals surface area contributed by atoms with Crippen LogP contribution in [-0.4, -0.2) is 31.1 Å². The minimum absolute atomic E-state index is 0.616. The fourth-order valence-corrected chi connectivity index (χ4v) is 1.78. The Morgan fingerprint density at radius 1 is 1.46 bits per heavy atom. The number of hydrogen-bond donors (Lipinski definition) is 0. The number of rotatable bonds is 3. The Morgan fingerprint density at radius 2 is 2.31 bits per heavy atom. The number of likely N-dealkylation sites (tertiary alicyclic amines) is 1. The fraction of sp³-hybridized carbons (Fsp3) is 1.00. The molecule has 1 aliphatic rings. The van der Waals surface area contributed by atoms with E-state index in [0.717, 1.165) is 12.5 Å². The summed E-state index contributed by atoms with van der Waals surface area (Å²) in [7, 11) is 0.